The van der Waals surface area contributed by atoms with Crippen LogP contribution in [0.3, 0.4) is 0 Å². The van der Waals surface area contributed by atoms with Gasteiger partial charge >= 0.3 is 0 Å². The lowest BCUT2D eigenvalue weighted by molar-refractivity contribution is 0.866. The zero-order valence-corrected chi connectivity index (χ0v) is 15.0. The van der Waals surface area contributed by atoms with Crippen molar-refractivity contribution < 1.29 is 0 Å². The first kappa shape index (κ1) is 16.3. The standard InChI is InChI=1S/C19H16N6S/c1-25(13-14-4-6-20-7-5-14)19-23-11-15(16-12-21-8-9-22-16)18(24-19)17-3-2-10-26-17/h2-12H,13H2,1H3. The quantitative estimate of drug-likeness (QED) is 0.541. The fourth-order valence-corrected chi connectivity index (χ4v) is 3.34. The van der Waals surface area contributed by atoms with Gasteiger partial charge in [0.25, 0.3) is 0 Å². The van der Waals surface area contributed by atoms with E-state index in [1.165, 1.54) is 0 Å². The van der Waals surface area contributed by atoms with E-state index in [1.807, 2.05) is 41.7 Å². The number of rotatable bonds is 5. The zero-order valence-electron chi connectivity index (χ0n) is 14.1. The fraction of sp³-hybridized carbons (Fsp3) is 0.105. The van der Waals surface area contributed by atoms with Gasteiger partial charge in [-0.05, 0) is 29.1 Å². The van der Waals surface area contributed by atoms with Crippen molar-refractivity contribution in [2.45, 2.75) is 6.54 Å². The number of hydrogen-bond donors (Lipinski definition) is 0. The minimum absolute atomic E-state index is 0.665. The second-order valence-electron chi connectivity index (χ2n) is 5.71. The van der Waals surface area contributed by atoms with E-state index in [0.717, 1.165) is 27.4 Å². The number of hydrogen-bond acceptors (Lipinski definition) is 7. The minimum Gasteiger partial charge on any atom is -0.340 e. The third kappa shape index (κ3) is 3.43. The molecule has 128 valence electrons. The van der Waals surface area contributed by atoms with Crippen molar-refractivity contribution >= 4 is 17.3 Å². The topological polar surface area (TPSA) is 67.7 Å². The highest BCUT2D eigenvalue weighted by atomic mass is 32.1. The molecule has 4 aromatic heterocycles. The van der Waals surface area contributed by atoms with Gasteiger partial charge in [-0.3, -0.25) is 15.0 Å². The molecule has 4 rings (SSSR count). The molecule has 0 unspecified atom stereocenters. The number of aromatic nitrogens is 5. The maximum atomic E-state index is 4.83. The van der Waals surface area contributed by atoms with Crippen molar-refractivity contribution in [1.82, 2.24) is 24.9 Å². The Kier molecular flexibility index (Phi) is 4.61. The van der Waals surface area contributed by atoms with E-state index in [9.17, 15) is 0 Å². The molecule has 26 heavy (non-hydrogen) atoms. The van der Waals surface area contributed by atoms with Crippen molar-refractivity contribution in [1.29, 1.82) is 0 Å². The number of anilines is 1. The van der Waals surface area contributed by atoms with Gasteiger partial charge in [0, 0.05) is 50.1 Å². The molecule has 0 N–H and O–H groups in total. The Morgan fingerprint density at radius 1 is 0.962 bits per heavy atom. The molecule has 7 heteroatoms. The molecular weight excluding hydrogens is 344 g/mol. The Balaban J connectivity index is 1.73. The van der Waals surface area contributed by atoms with Crippen LogP contribution >= 0.6 is 11.3 Å². The highest BCUT2D eigenvalue weighted by molar-refractivity contribution is 7.13. The second kappa shape index (κ2) is 7.37. The minimum atomic E-state index is 0.665. The predicted molar refractivity (Wildman–Crippen MR) is 103 cm³/mol. The lowest BCUT2D eigenvalue weighted by atomic mass is 10.1. The van der Waals surface area contributed by atoms with Gasteiger partial charge in [0.05, 0.1) is 22.5 Å². The lowest BCUT2D eigenvalue weighted by Gasteiger charge is -2.18. The van der Waals surface area contributed by atoms with Crippen molar-refractivity contribution in [2.75, 3.05) is 11.9 Å². The van der Waals surface area contributed by atoms with Gasteiger partial charge in [-0.1, -0.05) is 6.07 Å². The molecule has 0 saturated carbocycles. The molecule has 0 aliphatic heterocycles. The van der Waals surface area contributed by atoms with E-state index in [-0.39, 0.29) is 0 Å². The predicted octanol–water partition coefficient (Wildman–Crippen LogP) is 3.69. The van der Waals surface area contributed by atoms with Gasteiger partial charge in [-0.2, -0.15) is 0 Å². The van der Waals surface area contributed by atoms with Gasteiger partial charge < -0.3 is 4.90 Å². The zero-order chi connectivity index (χ0) is 17.8. The van der Waals surface area contributed by atoms with Crippen molar-refractivity contribution in [3.63, 3.8) is 0 Å². The Bertz CT molecular complexity index is 974. The van der Waals surface area contributed by atoms with Crippen LogP contribution in [0.1, 0.15) is 5.56 Å². The Hall–Kier alpha value is -3.19. The van der Waals surface area contributed by atoms with E-state index in [0.29, 0.717) is 12.5 Å². The molecule has 0 aromatic carbocycles. The lowest BCUT2D eigenvalue weighted by Crippen LogP contribution is -2.19. The molecule has 0 fully saturated rings. The highest BCUT2D eigenvalue weighted by Crippen LogP contribution is 2.32. The molecule has 0 aliphatic rings. The van der Waals surface area contributed by atoms with Crippen LogP contribution in [0.2, 0.25) is 0 Å². The fourth-order valence-electron chi connectivity index (χ4n) is 2.62. The molecule has 0 bridgehead atoms. The first-order chi connectivity index (χ1) is 12.8. The largest absolute Gasteiger partial charge is 0.340 e. The molecule has 0 aliphatic carbocycles. The monoisotopic (exact) mass is 360 g/mol. The average Bonchev–Trinajstić information content (AvgIpc) is 3.24. The molecule has 4 aromatic rings. The molecule has 0 atom stereocenters. The normalized spacial score (nSPS) is 10.7. The molecule has 4 heterocycles. The third-order valence-corrected chi connectivity index (χ3v) is 4.76. The van der Waals surface area contributed by atoms with Crippen molar-refractivity contribution in [2.24, 2.45) is 0 Å². The van der Waals surface area contributed by atoms with E-state index in [4.69, 9.17) is 4.98 Å². The summed E-state index contributed by atoms with van der Waals surface area (Å²) in [6, 6.07) is 8.05. The smallest absolute Gasteiger partial charge is 0.225 e. The third-order valence-electron chi connectivity index (χ3n) is 3.88. The number of pyridine rings is 1. The summed E-state index contributed by atoms with van der Waals surface area (Å²) in [4.78, 5) is 25.1. The van der Waals surface area contributed by atoms with Crippen LogP contribution in [-0.2, 0) is 6.54 Å². The van der Waals surface area contributed by atoms with Crippen LogP contribution in [0.25, 0.3) is 21.8 Å². The maximum absolute atomic E-state index is 4.83. The summed E-state index contributed by atoms with van der Waals surface area (Å²) in [5.41, 5.74) is 3.66. The number of thiophene rings is 1. The molecule has 0 amide bonds. The SMILES string of the molecule is CN(Cc1ccncc1)c1ncc(-c2cnccn2)c(-c2cccs2)n1. The summed E-state index contributed by atoms with van der Waals surface area (Å²) >= 11 is 1.64. The number of nitrogens with zero attached hydrogens (tertiary/aromatic N) is 6. The van der Waals surface area contributed by atoms with Gasteiger partial charge in [0.2, 0.25) is 5.95 Å². The summed E-state index contributed by atoms with van der Waals surface area (Å²) in [5, 5.41) is 2.04. The van der Waals surface area contributed by atoms with Gasteiger partial charge in [-0.25, -0.2) is 9.97 Å². The van der Waals surface area contributed by atoms with Gasteiger partial charge in [0.1, 0.15) is 0 Å². The summed E-state index contributed by atoms with van der Waals surface area (Å²) in [6.45, 7) is 0.705. The average molecular weight is 360 g/mol. The Labute approximate surface area is 155 Å². The van der Waals surface area contributed by atoms with Gasteiger partial charge in [0.15, 0.2) is 0 Å². The van der Waals surface area contributed by atoms with Crippen LogP contribution in [0.15, 0.2) is 66.8 Å². The van der Waals surface area contributed by atoms with E-state index in [2.05, 4.69) is 26.0 Å². The molecule has 6 nitrogen and oxygen atoms in total. The highest BCUT2D eigenvalue weighted by Gasteiger charge is 2.15. The molecule has 0 radical (unpaired) electrons. The van der Waals surface area contributed by atoms with E-state index < -0.39 is 0 Å². The van der Waals surface area contributed by atoms with Crippen molar-refractivity contribution in [3.8, 4) is 21.8 Å². The summed E-state index contributed by atoms with van der Waals surface area (Å²) in [5.74, 6) is 0.665. The summed E-state index contributed by atoms with van der Waals surface area (Å²) in [7, 11) is 1.98. The van der Waals surface area contributed by atoms with Crippen LogP contribution in [0, 0.1) is 0 Å². The molecule has 0 spiro atoms. The van der Waals surface area contributed by atoms with Crippen LogP contribution in [0.5, 0.6) is 0 Å². The maximum Gasteiger partial charge on any atom is 0.225 e. The van der Waals surface area contributed by atoms with Crippen LogP contribution < -0.4 is 4.90 Å². The van der Waals surface area contributed by atoms with Gasteiger partial charge in [-0.15, -0.1) is 11.3 Å². The molecule has 0 saturated heterocycles. The second-order valence-corrected chi connectivity index (χ2v) is 6.66. The van der Waals surface area contributed by atoms with Crippen LogP contribution in [0.4, 0.5) is 5.95 Å². The van der Waals surface area contributed by atoms with Crippen LogP contribution in [-0.4, -0.2) is 32.0 Å². The van der Waals surface area contributed by atoms with E-state index >= 15 is 0 Å². The Morgan fingerprint density at radius 2 is 1.85 bits per heavy atom. The Morgan fingerprint density at radius 3 is 2.58 bits per heavy atom. The first-order valence-electron chi connectivity index (χ1n) is 8.08. The summed E-state index contributed by atoms with van der Waals surface area (Å²) < 4.78 is 0. The van der Waals surface area contributed by atoms with E-state index in [1.54, 1.807) is 42.3 Å². The first-order valence-corrected chi connectivity index (χ1v) is 8.96. The van der Waals surface area contributed by atoms with Crippen molar-refractivity contribution in [3.05, 3.63) is 72.4 Å². The molecular formula is C19H16N6S. The summed E-state index contributed by atoms with van der Waals surface area (Å²) in [6.07, 6.45) is 10.5.